The van der Waals surface area contributed by atoms with Crippen LogP contribution in [-0.4, -0.2) is 4.98 Å². The molecule has 2 unspecified atom stereocenters. The molecule has 0 bridgehead atoms. The number of benzene rings is 1. The largest absolute Gasteiger partial charge is 0.265 e. The van der Waals surface area contributed by atoms with E-state index in [1.807, 2.05) is 25.4 Å². The quantitative estimate of drug-likeness (QED) is 0.700. The van der Waals surface area contributed by atoms with E-state index < -0.39 is 0 Å². The smallest absolute Gasteiger partial charge is 0.0461 e. The van der Waals surface area contributed by atoms with Crippen LogP contribution in [0.15, 0.2) is 42.7 Å². The molecule has 94 valence electrons. The van der Waals surface area contributed by atoms with Crippen molar-refractivity contribution in [2.24, 2.45) is 0 Å². The van der Waals surface area contributed by atoms with Gasteiger partial charge in [-0.25, -0.2) is 0 Å². The minimum absolute atomic E-state index is 0.274. The van der Waals surface area contributed by atoms with Crippen LogP contribution in [0.2, 0.25) is 5.02 Å². The Kier molecular flexibility index (Phi) is 4.41. The van der Waals surface area contributed by atoms with Gasteiger partial charge in [0.2, 0.25) is 0 Å². The lowest BCUT2D eigenvalue weighted by molar-refractivity contribution is 0.749. The Hall–Kier alpha value is -0.860. The maximum absolute atomic E-state index is 6.06. The number of halogens is 2. The van der Waals surface area contributed by atoms with Crippen LogP contribution in [0.5, 0.6) is 0 Å². The monoisotopic (exact) mass is 323 g/mol. The molecule has 0 amide bonds. The van der Waals surface area contributed by atoms with Crippen molar-refractivity contribution in [3.63, 3.8) is 0 Å². The van der Waals surface area contributed by atoms with Gasteiger partial charge in [-0.05, 0) is 47.7 Å². The highest BCUT2D eigenvalue weighted by molar-refractivity contribution is 9.09. The van der Waals surface area contributed by atoms with Crippen LogP contribution < -0.4 is 0 Å². The number of aromatic nitrogens is 1. The fraction of sp³-hybridized carbons (Fsp3) is 0.267. The fourth-order valence-electron chi connectivity index (χ4n) is 1.96. The summed E-state index contributed by atoms with van der Waals surface area (Å²) < 4.78 is 0. The first-order valence-corrected chi connectivity index (χ1v) is 7.19. The molecule has 2 aromatic rings. The molecule has 2 rings (SSSR count). The fourth-order valence-corrected chi connectivity index (χ4v) is 2.67. The van der Waals surface area contributed by atoms with Gasteiger partial charge in [0.15, 0.2) is 0 Å². The first-order valence-electron chi connectivity index (χ1n) is 5.89. The van der Waals surface area contributed by atoms with E-state index in [4.69, 9.17) is 11.6 Å². The number of hydrogen-bond acceptors (Lipinski definition) is 1. The van der Waals surface area contributed by atoms with Crippen LogP contribution >= 0.6 is 27.5 Å². The van der Waals surface area contributed by atoms with Crippen molar-refractivity contribution >= 4 is 27.5 Å². The third-order valence-corrected chi connectivity index (χ3v) is 4.92. The van der Waals surface area contributed by atoms with E-state index in [-0.39, 0.29) is 4.83 Å². The van der Waals surface area contributed by atoms with Crippen molar-refractivity contribution < 1.29 is 0 Å². The minimum atomic E-state index is 0.274. The molecule has 0 aliphatic carbocycles. The Morgan fingerprint density at radius 2 is 1.78 bits per heavy atom. The van der Waals surface area contributed by atoms with Gasteiger partial charge in [0.25, 0.3) is 0 Å². The van der Waals surface area contributed by atoms with Crippen LogP contribution in [0.25, 0.3) is 0 Å². The van der Waals surface area contributed by atoms with E-state index in [2.05, 4.69) is 52.1 Å². The Morgan fingerprint density at radius 3 is 2.39 bits per heavy atom. The predicted octanol–water partition coefficient (Wildman–Crippen LogP) is 5.28. The van der Waals surface area contributed by atoms with Crippen LogP contribution in [-0.2, 0) is 0 Å². The van der Waals surface area contributed by atoms with Gasteiger partial charge >= 0.3 is 0 Å². The molecule has 3 heteroatoms. The summed E-state index contributed by atoms with van der Waals surface area (Å²) in [5.41, 5.74) is 3.64. The number of hydrogen-bond donors (Lipinski definition) is 0. The van der Waals surface area contributed by atoms with Crippen LogP contribution in [0.1, 0.15) is 34.4 Å². The maximum atomic E-state index is 6.06. The van der Waals surface area contributed by atoms with Crippen molar-refractivity contribution in [3.05, 3.63) is 64.4 Å². The summed E-state index contributed by atoms with van der Waals surface area (Å²) in [6, 6.07) is 10.3. The molecule has 2 atom stereocenters. The lowest BCUT2D eigenvalue weighted by Gasteiger charge is -2.19. The van der Waals surface area contributed by atoms with Gasteiger partial charge in [0.05, 0.1) is 0 Å². The number of pyridine rings is 1. The lowest BCUT2D eigenvalue weighted by Crippen LogP contribution is -2.02. The summed E-state index contributed by atoms with van der Waals surface area (Å²) in [4.78, 5) is 4.33. The van der Waals surface area contributed by atoms with Gasteiger partial charge < -0.3 is 0 Å². The molecule has 0 saturated heterocycles. The predicted molar refractivity (Wildman–Crippen MR) is 80.5 cm³/mol. The molecular weight excluding hydrogens is 310 g/mol. The van der Waals surface area contributed by atoms with Gasteiger partial charge in [0, 0.05) is 22.2 Å². The summed E-state index contributed by atoms with van der Waals surface area (Å²) >= 11 is 9.84. The van der Waals surface area contributed by atoms with Crippen LogP contribution in [0.4, 0.5) is 0 Å². The van der Waals surface area contributed by atoms with Crippen molar-refractivity contribution in [2.75, 3.05) is 0 Å². The Labute approximate surface area is 121 Å². The summed E-state index contributed by atoms with van der Waals surface area (Å²) in [6.45, 7) is 4.24. The highest BCUT2D eigenvalue weighted by Gasteiger charge is 2.18. The van der Waals surface area contributed by atoms with E-state index in [0.717, 1.165) is 10.6 Å². The summed E-state index contributed by atoms with van der Waals surface area (Å²) in [6.07, 6.45) is 3.66. The highest BCUT2D eigenvalue weighted by atomic mass is 79.9. The maximum Gasteiger partial charge on any atom is 0.0461 e. The van der Waals surface area contributed by atoms with E-state index in [0.29, 0.717) is 5.92 Å². The molecule has 1 heterocycles. The van der Waals surface area contributed by atoms with Crippen molar-refractivity contribution in [1.29, 1.82) is 0 Å². The molecule has 1 aromatic carbocycles. The average Bonchev–Trinajstić information content (AvgIpc) is 2.41. The molecule has 0 radical (unpaired) electrons. The second kappa shape index (κ2) is 5.85. The Bertz CT molecular complexity index is 527. The van der Waals surface area contributed by atoms with E-state index >= 15 is 0 Å². The second-order valence-electron chi connectivity index (χ2n) is 4.48. The highest BCUT2D eigenvalue weighted by Crippen LogP contribution is 2.38. The average molecular weight is 325 g/mol. The summed E-state index contributed by atoms with van der Waals surface area (Å²) in [5.74, 6) is 0.383. The second-order valence-corrected chi connectivity index (χ2v) is 5.87. The number of nitrogens with zero attached hydrogens (tertiary/aromatic N) is 1. The van der Waals surface area contributed by atoms with Crippen LogP contribution in [0.3, 0.4) is 0 Å². The number of alkyl halides is 1. The minimum Gasteiger partial charge on any atom is -0.265 e. The molecule has 1 nitrogen and oxygen atoms in total. The third-order valence-electron chi connectivity index (χ3n) is 3.17. The van der Waals surface area contributed by atoms with Crippen molar-refractivity contribution in [1.82, 2.24) is 4.98 Å². The molecule has 18 heavy (non-hydrogen) atoms. The van der Waals surface area contributed by atoms with Gasteiger partial charge in [0.1, 0.15) is 0 Å². The van der Waals surface area contributed by atoms with Gasteiger partial charge in [-0.2, -0.15) is 0 Å². The zero-order valence-electron chi connectivity index (χ0n) is 10.4. The van der Waals surface area contributed by atoms with Gasteiger partial charge in [-0.3, -0.25) is 4.98 Å². The Morgan fingerprint density at radius 1 is 1.11 bits per heavy atom. The molecule has 0 saturated carbocycles. The standard InChI is InChI=1S/C15H15BrClN/c1-10-9-13(3-4-14(10)17)15(16)11(2)12-5-7-18-8-6-12/h3-9,11,15H,1-2H3. The zero-order chi connectivity index (χ0) is 13.1. The van der Waals surface area contributed by atoms with Gasteiger partial charge in [-0.1, -0.05) is 46.6 Å². The SMILES string of the molecule is Cc1cc(C(Br)C(C)c2ccncc2)ccc1Cl. The zero-order valence-corrected chi connectivity index (χ0v) is 12.7. The van der Waals surface area contributed by atoms with Gasteiger partial charge in [-0.15, -0.1) is 0 Å². The Balaban J connectivity index is 2.25. The summed E-state index contributed by atoms with van der Waals surface area (Å²) in [5, 5.41) is 0.815. The first-order chi connectivity index (χ1) is 8.59. The molecule has 0 N–H and O–H groups in total. The molecule has 0 fully saturated rings. The lowest BCUT2D eigenvalue weighted by atomic mass is 9.94. The van der Waals surface area contributed by atoms with Crippen LogP contribution in [0, 0.1) is 6.92 Å². The molecular formula is C15H15BrClN. The third kappa shape index (κ3) is 2.93. The molecule has 0 spiro atoms. The van der Waals surface area contributed by atoms with Crippen molar-refractivity contribution in [2.45, 2.75) is 24.6 Å². The molecule has 0 aliphatic heterocycles. The molecule has 0 aliphatic rings. The summed E-state index contributed by atoms with van der Waals surface area (Å²) in [7, 11) is 0. The number of rotatable bonds is 3. The van der Waals surface area contributed by atoms with E-state index in [1.54, 1.807) is 0 Å². The van der Waals surface area contributed by atoms with Crippen molar-refractivity contribution in [3.8, 4) is 0 Å². The topological polar surface area (TPSA) is 12.9 Å². The normalized spacial score (nSPS) is 14.2. The number of aryl methyl sites for hydroxylation is 1. The van der Waals surface area contributed by atoms with E-state index in [9.17, 15) is 0 Å². The first kappa shape index (κ1) is 13.6. The van der Waals surface area contributed by atoms with E-state index in [1.165, 1.54) is 11.1 Å². The molecule has 1 aromatic heterocycles.